The van der Waals surface area contributed by atoms with Crippen LogP contribution in [0.5, 0.6) is 0 Å². The molecule has 1 saturated heterocycles. The van der Waals surface area contributed by atoms with Crippen molar-refractivity contribution in [2.45, 2.75) is 44.3 Å². The summed E-state index contributed by atoms with van der Waals surface area (Å²) in [6, 6.07) is 0. The second-order valence-electron chi connectivity index (χ2n) is 5.16. The van der Waals surface area contributed by atoms with Crippen molar-refractivity contribution < 1.29 is 14.6 Å². The second-order valence-corrected chi connectivity index (χ2v) is 5.16. The Morgan fingerprint density at radius 3 is 2.59 bits per heavy atom. The first kappa shape index (κ1) is 13.3. The first-order valence-corrected chi connectivity index (χ1v) is 6.94. The van der Waals surface area contributed by atoms with E-state index in [-0.39, 0.29) is 6.10 Å². The summed E-state index contributed by atoms with van der Waals surface area (Å²) in [5, 5.41) is 9.92. The van der Waals surface area contributed by atoms with Crippen LogP contribution in [0.2, 0.25) is 0 Å². The maximum atomic E-state index is 9.92. The smallest absolute Gasteiger partial charge is 0.0900 e. The molecule has 1 heterocycles. The largest absolute Gasteiger partial charge is 0.389 e. The zero-order chi connectivity index (χ0) is 11.9. The van der Waals surface area contributed by atoms with Gasteiger partial charge in [0.2, 0.25) is 0 Å². The third-order valence-electron chi connectivity index (χ3n) is 3.65. The summed E-state index contributed by atoms with van der Waals surface area (Å²) in [6.07, 6.45) is 6.29. The summed E-state index contributed by atoms with van der Waals surface area (Å²) in [7, 11) is 0. The lowest BCUT2D eigenvalue weighted by molar-refractivity contribution is -0.0446. The number of morpholine rings is 1. The van der Waals surface area contributed by atoms with Crippen LogP contribution in [0.1, 0.15) is 32.1 Å². The molecule has 2 fully saturated rings. The van der Waals surface area contributed by atoms with Gasteiger partial charge in [-0.1, -0.05) is 19.3 Å². The minimum absolute atomic E-state index is 0.352. The van der Waals surface area contributed by atoms with Gasteiger partial charge in [0.15, 0.2) is 0 Å². The molecule has 1 saturated carbocycles. The van der Waals surface area contributed by atoms with Crippen molar-refractivity contribution >= 4 is 0 Å². The van der Waals surface area contributed by atoms with Crippen molar-refractivity contribution in [1.82, 2.24) is 4.90 Å². The van der Waals surface area contributed by atoms with E-state index in [0.29, 0.717) is 12.7 Å². The molecule has 1 N–H and O–H groups in total. The van der Waals surface area contributed by atoms with E-state index < -0.39 is 0 Å². The monoisotopic (exact) mass is 243 g/mol. The fourth-order valence-corrected chi connectivity index (χ4v) is 2.61. The summed E-state index contributed by atoms with van der Waals surface area (Å²) in [5.74, 6) is 0. The van der Waals surface area contributed by atoms with Gasteiger partial charge in [0.05, 0.1) is 32.0 Å². The highest BCUT2D eigenvalue weighted by atomic mass is 16.5. The van der Waals surface area contributed by atoms with E-state index in [1.54, 1.807) is 0 Å². The van der Waals surface area contributed by atoms with Crippen LogP contribution >= 0.6 is 0 Å². The third kappa shape index (κ3) is 4.92. The van der Waals surface area contributed by atoms with Crippen LogP contribution in [-0.2, 0) is 9.47 Å². The average Bonchev–Trinajstić information content (AvgIpc) is 2.39. The van der Waals surface area contributed by atoms with E-state index in [4.69, 9.17) is 9.47 Å². The first-order chi connectivity index (χ1) is 8.34. The van der Waals surface area contributed by atoms with Gasteiger partial charge in [-0.15, -0.1) is 0 Å². The number of aliphatic hydroxyl groups is 1. The van der Waals surface area contributed by atoms with E-state index in [1.165, 1.54) is 32.1 Å². The van der Waals surface area contributed by atoms with Gasteiger partial charge < -0.3 is 14.6 Å². The lowest BCUT2D eigenvalue weighted by Crippen LogP contribution is -2.42. The molecular formula is C13H25NO3. The van der Waals surface area contributed by atoms with Crippen LogP contribution in [0, 0.1) is 0 Å². The minimum Gasteiger partial charge on any atom is -0.389 e. The Balaban J connectivity index is 1.57. The van der Waals surface area contributed by atoms with Crippen LogP contribution in [0.15, 0.2) is 0 Å². The molecule has 1 aliphatic heterocycles. The number of β-amino-alcohol motifs (C(OH)–C–C–N with tert-alkyl or cyclic N) is 1. The minimum atomic E-state index is -0.352. The maximum Gasteiger partial charge on any atom is 0.0900 e. The SMILES string of the molecule is O[C@@H](COC1CCCCC1)CN1CCOCC1. The summed E-state index contributed by atoms with van der Waals surface area (Å²) in [6.45, 7) is 4.64. The summed E-state index contributed by atoms with van der Waals surface area (Å²) in [5.41, 5.74) is 0. The number of rotatable bonds is 5. The van der Waals surface area contributed by atoms with Crippen molar-refractivity contribution in [1.29, 1.82) is 0 Å². The van der Waals surface area contributed by atoms with Crippen molar-refractivity contribution in [3.05, 3.63) is 0 Å². The molecular weight excluding hydrogens is 218 g/mol. The summed E-state index contributed by atoms with van der Waals surface area (Å²) >= 11 is 0. The summed E-state index contributed by atoms with van der Waals surface area (Å²) in [4.78, 5) is 2.25. The Morgan fingerprint density at radius 1 is 1.18 bits per heavy atom. The molecule has 0 spiro atoms. The van der Waals surface area contributed by atoms with Gasteiger partial charge in [-0.3, -0.25) is 4.90 Å². The van der Waals surface area contributed by atoms with Crippen LogP contribution in [0.4, 0.5) is 0 Å². The normalized spacial score (nSPS) is 25.9. The van der Waals surface area contributed by atoms with Gasteiger partial charge in [-0.25, -0.2) is 0 Å². The molecule has 1 aliphatic carbocycles. The highest BCUT2D eigenvalue weighted by molar-refractivity contribution is 4.69. The molecule has 0 aromatic heterocycles. The first-order valence-electron chi connectivity index (χ1n) is 6.94. The Morgan fingerprint density at radius 2 is 1.88 bits per heavy atom. The summed E-state index contributed by atoms with van der Waals surface area (Å²) < 4.78 is 11.1. The fraction of sp³-hybridized carbons (Fsp3) is 1.00. The van der Waals surface area contributed by atoms with Crippen molar-refractivity contribution in [2.24, 2.45) is 0 Å². The molecule has 0 aromatic carbocycles. The predicted molar refractivity (Wildman–Crippen MR) is 66.1 cm³/mol. The van der Waals surface area contributed by atoms with Crippen LogP contribution in [0.25, 0.3) is 0 Å². The van der Waals surface area contributed by atoms with E-state index in [0.717, 1.165) is 32.8 Å². The van der Waals surface area contributed by atoms with Crippen LogP contribution in [-0.4, -0.2) is 61.7 Å². The molecule has 4 heteroatoms. The Bertz CT molecular complexity index is 201. The molecule has 0 amide bonds. The van der Waals surface area contributed by atoms with Gasteiger partial charge in [-0.2, -0.15) is 0 Å². The Hall–Kier alpha value is -0.160. The molecule has 1 atom stereocenters. The molecule has 0 bridgehead atoms. The van der Waals surface area contributed by atoms with Gasteiger partial charge in [0, 0.05) is 19.6 Å². The molecule has 4 nitrogen and oxygen atoms in total. The molecule has 0 aromatic rings. The lowest BCUT2D eigenvalue weighted by Gasteiger charge is -2.29. The van der Waals surface area contributed by atoms with E-state index in [1.807, 2.05) is 0 Å². The standard InChI is InChI=1S/C13H25NO3/c15-12(10-14-6-8-16-9-7-14)11-17-13-4-2-1-3-5-13/h12-13,15H,1-11H2/t12-/m1/s1. The van der Waals surface area contributed by atoms with E-state index in [2.05, 4.69) is 4.90 Å². The molecule has 0 radical (unpaired) electrons. The second kappa shape index (κ2) is 7.31. The molecule has 100 valence electrons. The Labute approximate surface area is 104 Å². The van der Waals surface area contributed by atoms with E-state index >= 15 is 0 Å². The van der Waals surface area contributed by atoms with Crippen molar-refractivity contribution in [3.63, 3.8) is 0 Å². The topological polar surface area (TPSA) is 41.9 Å². The number of aliphatic hydroxyl groups excluding tert-OH is 1. The number of nitrogens with zero attached hydrogens (tertiary/aromatic N) is 1. The highest BCUT2D eigenvalue weighted by Gasteiger charge is 2.18. The molecule has 2 rings (SSSR count). The van der Waals surface area contributed by atoms with Crippen molar-refractivity contribution in [2.75, 3.05) is 39.5 Å². The number of ether oxygens (including phenoxy) is 2. The molecule has 2 aliphatic rings. The molecule has 17 heavy (non-hydrogen) atoms. The van der Waals surface area contributed by atoms with Gasteiger partial charge in [-0.05, 0) is 12.8 Å². The average molecular weight is 243 g/mol. The van der Waals surface area contributed by atoms with E-state index in [9.17, 15) is 5.11 Å². The van der Waals surface area contributed by atoms with Gasteiger partial charge >= 0.3 is 0 Å². The van der Waals surface area contributed by atoms with Crippen LogP contribution in [0.3, 0.4) is 0 Å². The third-order valence-corrected chi connectivity index (χ3v) is 3.65. The zero-order valence-corrected chi connectivity index (χ0v) is 10.6. The number of hydrogen-bond acceptors (Lipinski definition) is 4. The van der Waals surface area contributed by atoms with Crippen molar-refractivity contribution in [3.8, 4) is 0 Å². The predicted octanol–water partition coefficient (Wildman–Crippen LogP) is 1.03. The lowest BCUT2D eigenvalue weighted by atomic mass is 9.98. The van der Waals surface area contributed by atoms with Gasteiger partial charge in [0.1, 0.15) is 0 Å². The maximum absolute atomic E-state index is 9.92. The fourth-order valence-electron chi connectivity index (χ4n) is 2.61. The highest BCUT2D eigenvalue weighted by Crippen LogP contribution is 2.20. The zero-order valence-electron chi connectivity index (χ0n) is 10.6. The Kier molecular flexibility index (Phi) is 5.71. The molecule has 0 unspecified atom stereocenters. The van der Waals surface area contributed by atoms with Crippen LogP contribution < -0.4 is 0 Å². The van der Waals surface area contributed by atoms with Gasteiger partial charge in [0.25, 0.3) is 0 Å². The number of hydrogen-bond donors (Lipinski definition) is 1. The quantitative estimate of drug-likeness (QED) is 0.783.